The highest BCUT2D eigenvalue weighted by molar-refractivity contribution is 5.84. The number of ketones is 1. The zero-order chi connectivity index (χ0) is 23.1. The zero-order valence-electron chi connectivity index (χ0n) is 19.9. The zero-order valence-corrected chi connectivity index (χ0v) is 19.9. The second-order valence-electron chi connectivity index (χ2n) is 8.22. The first kappa shape index (κ1) is 27.3. The number of halogens is 1. The Morgan fingerprint density at radius 2 is 1.77 bits per heavy atom. The number of carbonyl (C=O) groups excluding carboxylic acids is 2. The van der Waals surface area contributed by atoms with Gasteiger partial charge in [-0.1, -0.05) is 63.1 Å². The van der Waals surface area contributed by atoms with Crippen LogP contribution in [0, 0.1) is 5.92 Å². The Bertz CT molecular complexity index is 620. The predicted octanol–water partition coefficient (Wildman–Crippen LogP) is 5.98. The van der Waals surface area contributed by atoms with Crippen molar-refractivity contribution >= 4 is 11.7 Å². The summed E-state index contributed by atoms with van der Waals surface area (Å²) >= 11 is 0. The molecule has 0 aromatic carbocycles. The summed E-state index contributed by atoms with van der Waals surface area (Å²) in [4.78, 5) is 27.2. The van der Waals surface area contributed by atoms with E-state index in [0.717, 1.165) is 51.7 Å². The molecule has 2 atom stereocenters. The molecule has 0 aromatic rings. The summed E-state index contributed by atoms with van der Waals surface area (Å²) in [5, 5.41) is 0. The molecule has 176 valence electrons. The first-order valence-electron chi connectivity index (χ1n) is 11.9. The summed E-state index contributed by atoms with van der Waals surface area (Å²) in [5.41, 5.74) is 1.29. The average molecular weight is 436 g/mol. The van der Waals surface area contributed by atoms with Crippen LogP contribution in [0.4, 0.5) is 4.39 Å². The molecule has 3 aliphatic rings. The van der Waals surface area contributed by atoms with Gasteiger partial charge in [-0.05, 0) is 38.5 Å². The highest BCUT2D eigenvalue weighted by Gasteiger charge is 2.34. The lowest BCUT2D eigenvalue weighted by Gasteiger charge is -2.38. The molecular formula is C26H42FNO3. The van der Waals surface area contributed by atoms with Crippen LogP contribution in [0.25, 0.3) is 0 Å². The van der Waals surface area contributed by atoms with Gasteiger partial charge < -0.3 is 9.64 Å². The van der Waals surface area contributed by atoms with Crippen LogP contribution in [0.3, 0.4) is 0 Å². The van der Waals surface area contributed by atoms with Gasteiger partial charge in [0.25, 0.3) is 0 Å². The summed E-state index contributed by atoms with van der Waals surface area (Å²) in [5.74, 6) is 0.455. The van der Waals surface area contributed by atoms with Gasteiger partial charge in [-0.3, -0.25) is 14.0 Å². The number of nitrogens with zero attached hydrogens (tertiary/aromatic N) is 1. The van der Waals surface area contributed by atoms with Gasteiger partial charge in [0.05, 0.1) is 13.2 Å². The fourth-order valence-corrected chi connectivity index (χ4v) is 4.24. The summed E-state index contributed by atoms with van der Waals surface area (Å²) in [6.45, 7) is 7.61. The molecule has 0 radical (unpaired) electrons. The average Bonchev–Trinajstić information content (AvgIpc) is 3.30. The molecule has 0 N–H and O–H groups in total. The number of carbonyl (C=O) groups is 2. The smallest absolute Gasteiger partial charge is 0.223 e. The number of hydrogen-bond acceptors (Lipinski definition) is 3. The Hall–Kier alpha value is -1.75. The van der Waals surface area contributed by atoms with E-state index in [-0.39, 0.29) is 23.9 Å². The van der Waals surface area contributed by atoms with Crippen LogP contribution in [-0.2, 0) is 14.3 Å². The molecule has 1 amide bonds. The Morgan fingerprint density at radius 3 is 2.35 bits per heavy atom. The summed E-state index contributed by atoms with van der Waals surface area (Å²) in [6, 6.07) is 0.311. The van der Waals surface area contributed by atoms with Gasteiger partial charge in [0.2, 0.25) is 5.91 Å². The number of Topliss-reactive ketones (excluding diaryl/α,β-unsaturated/α-hetero) is 1. The van der Waals surface area contributed by atoms with Crippen LogP contribution >= 0.6 is 0 Å². The van der Waals surface area contributed by atoms with E-state index < -0.39 is 0 Å². The van der Waals surface area contributed by atoms with E-state index >= 15 is 0 Å². The quantitative estimate of drug-likeness (QED) is 0.462. The van der Waals surface area contributed by atoms with Gasteiger partial charge >= 0.3 is 0 Å². The van der Waals surface area contributed by atoms with Crippen LogP contribution in [0.2, 0.25) is 0 Å². The lowest BCUT2D eigenvalue weighted by Crippen LogP contribution is -2.48. The Morgan fingerprint density at radius 1 is 1.10 bits per heavy atom. The summed E-state index contributed by atoms with van der Waals surface area (Å²) in [6.07, 6.45) is 18.6. The lowest BCUT2D eigenvalue weighted by atomic mass is 9.94. The Labute approximate surface area is 188 Å². The summed E-state index contributed by atoms with van der Waals surface area (Å²) in [7, 11) is 0.500. The van der Waals surface area contributed by atoms with Gasteiger partial charge in [0.1, 0.15) is 5.78 Å². The number of allylic oxidation sites excluding steroid dienone is 5. The topological polar surface area (TPSA) is 46.6 Å². The minimum Gasteiger partial charge on any atom is -0.381 e. The highest BCUT2D eigenvalue weighted by atomic mass is 19.1. The lowest BCUT2D eigenvalue weighted by molar-refractivity contribution is -0.137. The third-order valence-electron chi connectivity index (χ3n) is 5.74. The standard InChI is InChI=1S/C22H31NO3.C3H8.CH3F/c1-2-22(25)23(19-12-14-26-15-13-19)20-10-9-18(16-20)21(24)11-8-17-6-4-3-5-7-17;1-3-2;1-2/h4,6-7,9-10,18-20H,2-3,5,8,11-16H2,1H3;3H2,1-2H3;1H3. The molecule has 2 aliphatic carbocycles. The van der Waals surface area contributed by atoms with Gasteiger partial charge in [0.15, 0.2) is 0 Å². The van der Waals surface area contributed by atoms with Gasteiger partial charge in [-0.25, -0.2) is 0 Å². The molecule has 0 saturated carbocycles. The molecule has 0 spiro atoms. The molecule has 0 aromatic heterocycles. The molecule has 0 bridgehead atoms. The number of alkyl halides is 1. The Balaban J connectivity index is 0.000000884. The van der Waals surface area contributed by atoms with E-state index in [1.165, 1.54) is 12.0 Å². The van der Waals surface area contributed by atoms with Crippen molar-refractivity contribution in [2.45, 2.75) is 90.6 Å². The van der Waals surface area contributed by atoms with E-state index in [4.69, 9.17) is 4.74 Å². The molecule has 1 aliphatic heterocycles. The van der Waals surface area contributed by atoms with Crippen LogP contribution in [0.5, 0.6) is 0 Å². The van der Waals surface area contributed by atoms with Gasteiger partial charge in [-0.15, -0.1) is 0 Å². The molecule has 4 nitrogen and oxygen atoms in total. The summed E-state index contributed by atoms with van der Waals surface area (Å²) < 4.78 is 15.0. The molecule has 31 heavy (non-hydrogen) atoms. The molecule has 1 fully saturated rings. The van der Waals surface area contributed by atoms with Crippen LogP contribution in [0.1, 0.15) is 78.6 Å². The Kier molecular flexibility index (Phi) is 14.1. The molecule has 1 heterocycles. The monoisotopic (exact) mass is 435 g/mol. The van der Waals surface area contributed by atoms with Crippen LogP contribution in [0.15, 0.2) is 36.0 Å². The second-order valence-corrected chi connectivity index (χ2v) is 8.22. The van der Waals surface area contributed by atoms with Crippen molar-refractivity contribution < 1.29 is 18.7 Å². The van der Waals surface area contributed by atoms with Gasteiger partial charge in [0, 0.05) is 38.0 Å². The SMILES string of the molecule is CCC.CCC(=O)N(C1C=CC(C(=O)CCC2=CCCC=C2)C1)C1CCOCC1.CF. The molecule has 5 heteroatoms. The van der Waals surface area contributed by atoms with E-state index in [1.807, 2.05) is 17.9 Å². The highest BCUT2D eigenvalue weighted by Crippen LogP contribution is 2.29. The first-order valence-corrected chi connectivity index (χ1v) is 11.9. The maximum Gasteiger partial charge on any atom is 0.223 e. The van der Waals surface area contributed by atoms with Crippen molar-refractivity contribution in [1.82, 2.24) is 4.90 Å². The minimum atomic E-state index is -0.0415. The fourth-order valence-electron chi connectivity index (χ4n) is 4.24. The number of hydrogen-bond donors (Lipinski definition) is 0. The largest absolute Gasteiger partial charge is 0.381 e. The van der Waals surface area contributed by atoms with Crippen molar-refractivity contribution in [2.24, 2.45) is 5.92 Å². The molecule has 1 saturated heterocycles. The normalized spacial score (nSPS) is 22.5. The number of amides is 1. The first-order chi connectivity index (χ1) is 15.1. The van der Waals surface area contributed by atoms with E-state index in [0.29, 0.717) is 25.8 Å². The van der Waals surface area contributed by atoms with Crippen molar-refractivity contribution in [2.75, 3.05) is 20.4 Å². The van der Waals surface area contributed by atoms with Crippen molar-refractivity contribution in [3.05, 3.63) is 36.0 Å². The second kappa shape index (κ2) is 16.0. The molecule has 2 unspecified atom stereocenters. The maximum absolute atomic E-state index is 12.6. The third-order valence-corrected chi connectivity index (χ3v) is 5.74. The van der Waals surface area contributed by atoms with E-state index in [2.05, 4.69) is 38.2 Å². The number of ether oxygens (including phenoxy) is 1. The van der Waals surface area contributed by atoms with E-state index in [9.17, 15) is 14.0 Å². The molecular weight excluding hydrogens is 393 g/mol. The van der Waals surface area contributed by atoms with Crippen LogP contribution in [-0.4, -0.2) is 49.1 Å². The van der Waals surface area contributed by atoms with E-state index in [1.54, 1.807) is 0 Å². The minimum absolute atomic E-state index is 0.0415. The van der Waals surface area contributed by atoms with Crippen molar-refractivity contribution in [3.63, 3.8) is 0 Å². The van der Waals surface area contributed by atoms with Crippen LogP contribution < -0.4 is 0 Å². The third kappa shape index (κ3) is 9.10. The van der Waals surface area contributed by atoms with Gasteiger partial charge in [-0.2, -0.15) is 0 Å². The van der Waals surface area contributed by atoms with Crippen molar-refractivity contribution in [3.8, 4) is 0 Å². The predicted molar refractivity (Wildman–Crippen MR) is 126 cm³/mol. The fraction of sp³-hybridized carbons (Fsp3) is 0.692. The molecule has 3 rings (SSSR count). The maximum atomic E-state index is 12.6. The number of rotatable bonds is 7. The van der Waals surface area contributed by atoms with Crippen molar-refractivity contribution in [1.29, 1.82) is 0 Å².